The molecule has 2 aliphatic rings. The van der Waals surface area contributed by atoms with Gasteiger partial charge in [0.05, 0.1) is 7.11 Å². The number of rotatable bonds is 4. The van der Waals surface area contributed by atoms with E-state index in [9.17, 15) is 9.90 Å². The lowest BCUT2D eigenvalue weighted by Crippen LogP contribution is -2.48. The number of benzene rings is 1. The van der Waals surface area contributed by atoms with Gasteiger partial charge in [0.15, 0.2) is 0 Å². The van der Waals surface area contributed by atoms with E-state index < -0.39 is 12.0 Å². The van der Waals surface area contributed by atoms with Crippen molar-refractivity contribution in [3.63, 3.8) is 0 Å². The summed E-state index contributed by atoms with van der Waals surface area (Å²) in [6.07, 6.45) is 4.30. The molecular weight excluding hydrogens is 294 g/mol. The fourth-order valence-corrected chi connectivity index (χ4v) is 4.00. The molecule has 0 amide bonds. The fraction of sp³-hybridized carbons (Fsp3) is 0.611. The highest BCUT2D eigenvalue weighted by Gasteiger charge is 2.40. The van der Waals surface area contributed by atoms with Crippen LogP contribution in [0.3, 0.4) is 0 Å². The Morgan fingerprint density at radius 3 is 2.83 bits per heavy atom. The molecule has 0 saturated carbocycles. The van der Waals surface area contributed by atoms with Crippen LogP contribution in [-0.2, 0) is 9.53 Å². The first-order chi connectivity index (χ1) is 11.1. The Balaban J connectivity index is 1.84. The van der Waals surface area contributed by atoms with Gasteiger partial charge in [-0.3, -0.25) is 9.69 Å². The SMILES string of the molecule is COc1cccc(C(C(=O)O)N2CCCC3(CCOCC3)C2)c1. The van der Waals surface area contributed by atoms with Gasteiger partial charge in [-0.15, -0.1) is 0 Å². The van der Waals surface area contributed by atoms with Gasteiger partial charge in [-0.05, 0) is 55.3 Å². The third-order valence-corrected chi connectivity index (χ3v) is 5.25. The summed E-state index contributed by atoms with van der Waals surface area (Å²) in [6, 6.07) is 6.82. The van der Waals surface area contributed by atoms with Crippen LogP contribution < -0.4 is 4.74 Å². The monoisotopic (exact) mass is 319 g/mol. The Kier molecular flexibility index (Phi) is 4.87. The van der Waals surface area contributed by atoms with E-state index in [0.29, 0.717) is 5.75 Å². The maximum absolute atomic E-state index is 12.0. The predicted molar refractivity (Wildman–Crippen MR) is 86.7 cm³/mol. The van der Waals surface area contributed by atoms with E-state index >= 15 is 0 Å². The molecule has 2 aliphatic heterocycles. The van der Waals surface area contributed by atoms with Crippen molar-refractivity contribution >= 4 is 5.97 Å². The first kappa shape index (κ1) is 16.3. The van der Waals surface area contributed by atoms with E-state index in [0.717, 1.165) is 51.1 Å². The number of piperidine rings is 1. The lowest BCUT2D eigenvalue weighted by atomic mass is 9.73. The molecule has 126 valence electrons. The molecular formula is C18H25NO4. The van der Waals surface area contributed by atoms with E-state index in [4.69, 9.17) is 9.47 Å². The molecule has 0 bridgehead atoms. The summed E-state index contributed by atoms with van der Waals surface area (Å²) < 4.78 is 10.8. The van der Waals surface area contributed by atoms with Gasteiger partial charge in [-0.25, -0.2) is 0 Å². The van der Waals surface area contributed by atoms with Gasteiger partial charge in [-0.1, -0.05) is 12.1 Å². The zero-order chi connectivity index (χ0) is 16.3. The molecule has 0 aliphatic carbocycles. The second-order valence-electron chi connectivity index (χ2n) is 6.70. The Hall–Kier alpha value is -1.59. The average molecular weight is 319 g/mol. The minimum Gasteiger partial charge on any atom is -0.497 e. The standard InChI is InChI=1S/C18H25NO4/c1-22-15-5-2-4-14(12-15)16(17(20)21)19-9-3-6-18(13-19)7-10-23-11-8-18/h2,4-5,12,16H,3,6-11,13H2,1H3,(H,20,21). The number of carbonyl (C=O) groups is 1. The highest BCUT2D eigenvalue weighted by atomic mass is 16.5. The summed E-state index contributed by atoms with van der Waals surface area (Å²) in [5.74, 6) is -0.0890. The fourth-order valence-electron chi connectivity index (χ4n) is 4.00. The van der Waals surface area contributed by atoms with Gasteiger partial charge in [0.1, 0.15) is 11.8 Å². The van der Waals surface area contributed by atoms with Crippen molar-refractivity contribution in [2.45, 2.75) is 31.7 Å². The number of methoxy groups -OCH3 is 1. The zero-order valence-electron chi connectivity index (χ0n) is 13.7. The summed E-state index contributed by atoms with van der Waals surface area (Å²) in [5.41, 5.74) is 1.02. The number of nitrogens with zero attached hydrogens (tertiary/aromatic N) is 1. The summed E-state index contributed by atoms with van der Waals surface area (Å²) >= 11 is 0. The molecule has 2 fully saturated rings. The summed E-state index contributed by atoms with van der Waals surface area (Å²) in [7, 11) is 1.60. The molecule has 1 N–H and O–H groups in total. The number of carboxylic acid groups (broad SMARTS) is 1. The second-order valence-corrected chi connectivity index (χ2v) is 6.70. The van der Waals surface area contributed by atoms with Gasteiger partial charge in [0.2, 0.25) is 0 Å². The Labute approximate surface area is 137 Å². The number of carboxylic acids is 1. The van der Waals surface area contributed by atoms with E-state index in [-0.39, 0.29) is 5.41 Å². The molecule has 23 heavy (non-hydrogen) atoms. The van der Waals surface area contributed by atoms with Crippen molar-refractivity contribution in [3.8, 4) is 5.75 Å². The maximum Gasteiger partial charge on any atom is 0.325 e. The zero-order valence-corrected chi connectivity index (χ0v) is 13.7. The van der Waals surface area contributed by atoms with E-state index in [1.807, 2.05) is 24.3 Å². The van der Waals surface area contributed by atoms with Gasteiger partial charge in [0.25, 0.3) is 0 Å². The van der Waals surface area contributed by atoms with Crippen LogP contribution in [0.25, 0.3) is 0 Å². The first-order valence-corrected chi connectivity index (χ1v) is 8.32. The molecule has 1 aromatic carbocycles. The molecule has 2 heterocycles. The Morgan fingerprint density at radius 2 is 2.13 bits per heavy atom. The van der Waals surface area contributed by atoms with E-state index in [1.54, 1.807) is 7.11 Å². The quantitative estimate of drug-likeness (QED) is 0.924. The number of hydrogen-bond donors (Lipinski definition) is 1. The second kappa shape index (κ2) is 6.89. The minimum absolute atomic E-state index is 0.225. The van der Waals surface area contributed by atoms with Gasteiger partial charge in [-0.2, -0.15) is 0 Å². The van der Waals surface area contributed by atoms with Gasteiger partial charge < -0.3 is 14.6 Å². The molecule has 3 rings (SSSR count). The topological polar surface area (TPSA) is 59.0 Å². The van der Waals surface area contributed by atoms with Gasteiger partial charge in [0, 0.05) is 19.8 Å². The third-order valence-electron chi connectivity index (χ3n) is 5.25. The number of aliphatic carboxylic acids is 1. The molecule has 2 saturated heterocycles. The van der Waals surface area contributed by atoms with Crippen LogP contribution in [0, 0.1) is 5.41 Å². The van der Waals surface area contributed by atoms with Crippen molar-refractivity contribution in [2.24, 2.45) is 5.41 Å². The van der Waals surface area contributed by atoms with Crippen LogP contribution in [0.1, 0.15) is 37.3 Å². The molecule has 0 aromatic heterocycles. The van der Waals surface area contributed by atoms with Crippen molar-refractivity contribution in [3.05, 3.63) is 29.8 Å². The Morgan fingerprint density at radius 1 is 1.35 bits per heavy atom. The van der Waals surface area contributed by atoms with Crippen LogP contribution in [0.2, 0.25) is 0 Å². The molecule has 1 unspecified atom stereocenters. The highest BCUT2D eigenvalue weighted by molar-refractivity contribution is 5.75. The average Bonchev–Trinajstić information content (AvgIpc) is 2.56. The normalized spacial score (nSPS) is 22.7. The molecule has 1 atom stereocenters. The van der Waals surface area contributed by atoms with Crippen molar-refractivity contribution in [2.75, 3.05) is 33.4 Å². The lowest BCUT2D eigenvalue weighted by molar-refractivity contribution is -0.146. The number of likely N-dealkylation sites (tertiary alicyclic amines) is 1. The predicted octanol–water partition coefficient (Wildman–Crippen LogP) is 2.71. The van der Waals surface area contributed by atoms with Crippen LogP contribution in [0.5, 0.6) is 5.75 Å². The first-order valence-electron chi connectivity index (χ1n) is 8.32. The molecule has 5 nitrogen and oxygen atoms in total. The molecule has 5 heteroatoms. The largest absolute Gasteiger partial charge is 0.497 e. The number of ether oxygens (including phenoxy) is 2. The summed E-state index contributed by atoms with van der Waals surface area (Å²) in [6.45, 7) is 3.26. The molecule has 1 spiro atoms. The van der Waals surface area contributed by atoms with Crippen LogP contribution >= 0.6 is 0 Å². The smallest absolute Gasteiger partial charge is 0.325 e. The summed E-state index contributed by atoms with van der Waals surface area (Å²) in [4.78, 5) is 14.1. The van der Waals surface area contributed by atoms with E-state index in [2.05, 4.69) is 4.90 Å². The summed E-state index contributed by atoms with van der Waals surface area (Å²) in [5, 5.41) is 9.82. The minimum atomic E-state index is -0.789. The van der Waals surface area contributed by atoms with Gasteiger partial charge >= 0.3 is 5.97 Å². The van der Waals surface area contributed by atoms with Crippen molar-refractivity contribution in [1.29, 1.82) is 0 Å². The van der Waals surface area contributed by atoms with E-state index in [1.165, 1.54) is 6.42 Å². The van der Waals surface area contributed by atoms with Crippen molar-refractivity contribution in [1.82, 2.24) is 4.90 Å². The highest BCUT2D eigenvalue weighted by Crippen LogP contribution is 2.41. The Bertz CT molecular complexity index is 548. The number of hydrogen-bond acceptors (Lipinski definition) is 4. The van der Waals surface area contributed by atoms with Crippen LogP contribution in [0.15, 0.2) is 24.3 Å². The maximum atomic E-state index is 12.0. The third kappa shape index (κ3) is 3.51. The van der Waals surface area contributed by atoms with Crippen molar-refractivity contribution < 1.29 is 19.4 Å². The molecule has 0 radical (unpaired) electrons. The van der Waals surface area contributed by atoms with Crippen LogP contribution in [0.4, 0.5) is 0 Å². The lowest BCUT2D eigenvalue weighted by Gasteiger charge is -2.46. The molecule has 1 aromatic rings. The van der Waals surface area contributed by atoms with Crippen LogP contribution in [-0.4, -0.2) is 49.4 Å².